The summed E-state index contributed by atoms with van der Waals surface area (Å²) in [6, 6.07) is 11.8. The van der Waals surface area contributed by atoms with E-state index in [-0.39, 0.29) is 5.56 Å². The molecule has 2 aromatic heterocycles. The largest absolute Gasteiger partial charge is 0.478 e. The first-order valence-electron chi connectivity index (χ1n) is 6.09. The fraction of sp³-hybridized carbons (Fsp3) is 0.0667. The first kappa shape index (κ1) is 12.7. The van der Waals surface area contributed by atoms with E-state index >= 15 is 0 Å². The van der Waals surface area contributed by atoms with E-state index in [4.69, 9.17) is 0 Å². The molecule has 0 saturated heterocycles. The number of hydrogen-bond acceptors (Lipinski definition) is 3. The van der Waals surface area contributed by atoms with E-state index < -0.39 is 5.97 Å². The molecular formula is C15H12N2O2S. The molecule has 0 aliphatic rings. The number of aromatic amines is 1. The maximum Gasteiger partial charge on any atom is 0.338 e. The molecule has 0 radical (unpaired) electrons. The molecule has 0 spiro atoms. The van der Waals surface area contributed by atoms with E-state index in [2.05, 4.69) is 9.97 Å². The maximum atomic E-state index is 11.2. The van der Waals surface area contributed by atoms with Gasteiger partial charge in [-0.25, -0.2) is 4.79 Å². The lowest BCUT2D eigenvalue weighted by atomic mass is 10.2. The van der Waals surface area contributed by atoms with Gasteiger partial charge in [-0.15, -0.1) is 0 Å². The SMILES string of the molecule is Cc1cc(Sc2cc3ccccc3[nH]2)c(C(=O)O)cn1. The van der Waals surface area contributed by atoms with Crippen molar-refractivity contribution in [1.29, 1.82) is 0 Å². The highest BCUT2D eigenvalue weighted by atomic mass is 32.2. The molecule has 4 nitrogen and oxygen atoms in total. The van der Waals surface area contributed by atoms with Gasteiger partial charge in [-0.05, 0) is 25.1 Å². The third-order valence-corrected chi connectivity index (χ3v) is 3.96. The fourth-order valence-electron chi connectivity index (χ4n) is 2.00. The number of para-hydroxylation sites is 1. The molecule has 2 heterocycles. The molecule has 0 aliphatic heterocycles. The van der Waals surface area contributed by atoms with Crippen LogP contribution in [0.3, 0.4) is 0 Å². The quantitative estimate of drug-likeness (QED) is 0.769. The molecule has 3 aromatic rings. The van der Waals surface area contributed by atoms with Crippen molar-refractivity contribution >= 4 is 28.6 Å². The Hall–Kier alpha value is -2.27. The summed E-state index contributed by atoms with van der Waals surface area (Å²) in [7, 11) is 0. The predicted octanol–water partition coefficient (Wildman–Crippen LogP) is 3.72. The summed E-state index contributed by atoms with van der Waals surface area (Å²) in [6.45, 7) is 1.85. The van der Waals surface area contributed by atoms with Crippen LogP contribution in [0.2, 0.25) is 0 Å². The van der Waals surface area contributed by atoms with E-state index in [9.17, 15) is 9.90 Å². The third kappa shape index (κ3) is 2.40. The molecule has 0 amide bonds. The standard InChI is InChI=1S/C15H12N2O2S/c1-9-6-13(11(8-16-9)15(18)19)20-14-7-10-4-2-3-5-12(10)17-14/h2-8,17H,1H3,(H,18,19). The molecule has 3 rings (SSSR count). The number of H-pyrrole nitrogens is 1. The summed E-state index contributed by atoms with van der Waals surface area (Å²) in [5.74, 6) is -0.962. The number of rotatable bonds is 3. The summed E-state index contributed by atoms with van der Waals surface area (Å²) in [4.78, 5) is 19.2. The number of carbonyl (C=O) groups is 1. The highest BCUT2D eigenvalue weighted by Gasteiger charge is 2.13. The lowest BCUT2D eigenvalue weighted by molar-refractivity contribution is 0.0692. The van der Waals surface area contributed by atoms with E-state index in [1.54, 1.807) is 6.07 Å². The Morgan fingerprint density at radius 1 is 1.30 bits per heavy atom. The summed E-state index contributed by atoms with van der Waals surface area (Å²) in [5, 5.41) is 11.2. The molecule has 20 heavy (non-hydrogen) atoms. The summed E-state index contributed by atoms with van der Waals surface area (Å²) in [6.07, 6.45) is 1.41. The number of nitrogens with zero attached hydrogens (tertiary/aromatic N) is 1. The lowest BCUT2D eigenvalue weighted by Gasteiger charge is -2.04. The number of carboxylic acids is 1. The second-order valence-electron chi connectivity index (χ2n) is 4.45. The molecule has 0 atom stereocenters. The molecular weight excluding hydrogens is 272 g/mol. The number of hydrogen-bond donors (Lipinski definition) is 2. The number of aromatic carboxylic acids is 1. The van der Waals surface area contributed by atoms with Crippen molar-refractivity contribution in [2.75, 3.05) is 0 Å². The Kier molecular flexibility index (Phi) is 3.20. The van der Waals surface area contributed by atoms with Gasteiger partial charge < -0.3 is 10.1 Å². The Labute approximate surface area is 119 Å². The number of pyridine rings is 1. The highest BCUT2D eigenvalue weighted by Crippen LogP contribution is 2.32. The van der Waals surface area contributed by atoms with E-state index in [0.717, 1.165) is 21.6 Å². The van der Waals surface area contributed by atoms with Gasteiger partial charge in [0.05, 0.1) is 10.6 Å². The van der Waals surface area contributed by atoms with Crippen molar-refractivity contribution in [3.05, 3.63) is 53.9 Å². The second-order valence-corrected chi connectivity index (χ2v) is 5.53. The number of nitrogens with one attached hydrogen (secondary N) is 1. The van der Waals surface area contributed by atoms with Gasteiger partial charge in [0.1, 0.15) is 0 Å². The van der Waals surface area contributed by atoms with Gasteiger partial charge in [0.15, 0.2) is 0 Å². The highest BCUT2D eigenvalue weighted by molar-refractivity contribution is 7.99. The second kappa shape index (κ2) is 5.02. The Morgan fingerprint density at radius 3 is 2.85 bits per heavy atom. The third-order valence-electron chi connectivity index (χ3n) is 2.96. The van der Waals surface area contributed by atoms with Gasteiger partial charge in [-0.1, -0.05) is 30.0 Å². The van der Waals surface area contributed by atoms with E-state index in [0.29, 0.717) is 4.90 Å². The van der Waals surface area contributed by atoms with Gasteiger partial charge in [-0.2, -0.15) is 0 Å². The molecule has 5 heteroatoms. The van der Waals surface area contributed by atoms with Crippen LogP contribution in [-0.4, -0.2) is 21.0 Å². The summed E-state index contributed by atoms with van der Waals surface area (Å²) in [5.41, 5.74) is 2.06. The number of carboxylic acid groups (broad SMARTS) is 1. The van der Waals surface area contributed by atoms with Gasteiger partial charge in [-0.3, -0.25) is 4.98 Å². The van der Waals surface area contributed by atoms with Crippen LogP contribution >= 0.6 is 11.8 Å². The van der Waals surface area contributed by atoms with Crippen molar-refractivity contribution in [2.24, 2.45) is 0 Å². The van der Waals surface area contributed by atoms with Crippen LogP contribution < -0.4 is 0 Å². The van der Waals surface area contributed by atoms with Crippen LogP contribution in [0.1, 0.15) is 16.1 Å². The van der Waals surface area contributed by atoms with Crippen LogP contribution in [0.5, 0.6) is 0 Å². The molecule has 0 bridgehead atoms. The van der Waals surface area contributed by atoms with Crippen LogP contribution in [-0.2, 0) is 0 Å². The Morgan fingerprint density at radius 2 is 2.10 bits per heavy atom. The zero-order chi connectivity index (χ0) is 14.1. The molecule has 0 fully saturated rings. The van der Waals surface area contributed by atoms with Crippen LogP contribution in [0.4, 0.5) is 0 Å². The van der Waals surface area contributed by atoms with Crippen molar-refractivity contribution in [3.63, 3.8) is 0 Å². The zero-order valence-corrected chi connectivity index (χ0v) is 11.6. The number of aryl methyl sites for hydroxylation is 1. The molecule has 0 aliphatic carbocycles. The van der Waals surface area contributed by atoms with Gasteiger partial charge in [0.25, 0.3) is 0 Å². The number of fused-ring (bicyclic) bond motifs is 1. The molecule has 100 valence electrons. The van der Waals surface area contributed by atoms with Crippen molar-refractivity contribution in [2.45, 2.75) is 16.8 Å². The monoisotopic (exact) mass is 284 g/mol. The smallest absolute Gasteiger partial charge is 0.338 e. The Bertz CT molecular complexity index is 762. The first-order valence-corrected chi connectivity index (χ1v) is 6.91. The topological polar surface area (TPSA) is 66.0 Å². The minimum atomic E-state index is -0.962. The maximum absolute atomic E-state index is 11.2. The predicted molar refractivity (Wildman–Crippen MR) is 78.4 cm³/mol. The lowest BCUT2D eigenvalue weighted by Crippen LogP contribution is -2.00. The van der Waals surface area contributed by atoms with Crippen LogP contribution in [0, 0.1) is 6.92 Å². The normalized spacial score (nSPS) is 10.8. The number of benzene rings is 1. The summed E-state index contributed by atoms with van der Waals surface area (Å²) >= 11 is 1.41. The molecule has 0 saturated carbocycles. The van der Waals surface area contributed by atoms with Crippen molar-refractivity contribution < 1.29 is 9.90 Å². The average molecular weight is 284 g/mol. The van der Waals surface area contributed by atoms with E-state index in [1.807, 2.05) is 37.3 Å². The molecule has 1 aromatic carbocycles. The van der Waals surface area contributed by atoms with Gasteiger partial charge >= 0.3 is 5.97 Å². The van der Waals surface area contributed by atoms with E-state index in [1.165, 1.54) is 18.0 Å². The zero-order valence-electron chi connectivity index (χ0n) is 10.8. The minimum Gasteiger partial charge on any atom is -0.478 e. The average Bonchev–Trinajstić information content (AvgIpc) is 2.80. The molecule has 0 unspecified atom stereocenters. The first-order chi connectivity index (χ1) is 9.63. The molecule has 2 N–H and O–H groups in total. The van der Waals surface area contributed by atoms with Crippen LogP contribution in [0.25, 0.3) is 10.9 Å². The van der Waals surface area contributed by atoms with Crippen LogP contribution in [0.15, 0.2) is 52.5 Å². The summed E-state index contributed by atoms with van der Waals surface area (Å²) < 4.78 is 0. The van der Waals surface area contributed by atoms with Crippen molar-refractivity contribution in [3.8, 4) is 0 Å². The van der Waals surface area contributed by atoms with Crippen molar-refractivity contribution in [1.82, 2.24) is 9.97 Å². The Balaban J connectivity index is 2.01. The van der Waals surface area contributed by atoms with Gasteiger partial charge in [0.2, 0.25) is 0 Å². The fourth-order valence-corrected chi connectivity index (χ4v) is 3.06. The van der Waals surface area contributed by atoms with Gasteiger partial charge in [0, 0.05) is 27.7 Å². The minimum absolute atomic E-state index is 0.222. The number of aromatic nitrogens is 2.